The second-order valence-corrected chi connectivity index (χ2v) is 4.86. The fraction of sp³-hybridized carbons (Fsp3) is 0.545. The second-order valence-electron chi connectivity index (χ2n) is 3.94. The van der Waals surface area contributed by atoms with Gasteiger partial charge in [0.05, 0.1) is 6.61 Å². The Morgan fingerprint density at radius 3 is 2.86 bits per heavy atom. The molecule has 2 rings (SSSR count). The van der Waals surface area contributed by atoms with Gasteiger partial charge in [-0.3, -0.25) is 0 Å². The minimum absolute atomic E-state index is 0.729. The fourth-order valence-corrected chi connectivity index (χ4v) is 1.86. The molecule has 1 fully saturated rings. The molecule has 1 aromatic heterocycles. The van der Waals surface area contributed by atoms with Crippen molar-refractivity contribution in [1.29, 1.82) is 0 Å². The van der Waals surface area contributed by atoms with Crippen LogP contribution in [0, 0.1) is 11.8 Å². The zero-order chi connectivity index (χ0) is 9.97. The van der Waals surface area contributed by atoms with Crippen LogP contribution in [-0.4, -0.2) is 11.6 Å². The van der Waals surface area contributed by atoms with E-state index in [1.54, 1.807) is 6.20 Å². The Kier molecular flexibility index (Phi) is 3.06. The summed E-state index contributed by atoms with van der Waals surface area (Å²) in [5, 5.41) is 0. The predicted molar refractivity (Wildman–Crippen MR) is 59.3 cm³/mol. The number of hydrogen-bond acceptors (Lipinski definition) is 2. The highest BCUT2D eigenvalue weighted by atomic mass is 79.9. The smallest absolute Gasteiger partial charge is 0.213 e. The van der Waals surface area contributed by atoms with Crippen molar-refractivity contribution in [1.82, 2.24) is 4.98 Å². The lowest BCUT2D eigenvalue weighted by Crippen LogP contribution is -2.28. The Morgan fingerprint density at radius 2 is 2.36 bits per heavy atom. The van der Waals surface area contributed by atoms with Gasteiger partial charge in [0.1, 0.15) is 0 Å². The SMILES string of the molecule is C[C@H]1CC[C@@H]1COc1ccc(Br)cn1. The van der Waals surface area contributed by atoms with Crippen molar-refractivity contribution in [3.63, 3.8) is 0 Å². The van der Waals surface area contributed by atoms with Crippen LogP contribution in [0.25, 0.3) is 0 Å². The molecule has 1 aromatic rings. The van der Waals surface area contributed by atoms with Gasteiger partial charge in [0.25, 0.3) is 0 Å². The third-order valence-electron chi connectivity index (χ3n) is 2.94. The van der Waals surface area contributed by atoms with Crippen LogP contribution < -0.4 is 4.74 Å². The van der Waals surface area contributed by atoms with Crippen molar-refractivity contribution in [3.05, 3.63) is 22.8 Å². The number of pyridine rings is 1. The van der Waals surface area contributed by atoms with Crippen molar-refractivity contribution in [3.8, 4) is 5.88 Å². The summed E-state index contributed by atoms with van der Waals surface area (Å²) in [5.74, 6) is 2.29. The molecular weight excluding hydrogens is 242 g/mol. The Hall–Kier alpha value is -0.570. The molecule has 76 valence electrons. The van der Waals surface area contributed by atoms with Crippen LogP contribution in [0.5, 0.6) is 5.88 Å². The van der Waals surface area contributed by atoms with E-state index < -0.39 is 0 Å². The summed E-state index contributed by atoms with van der Waals surface area (Å²) in [4.78, 5) is 4.16. The van der Waals surface area contributed by atoms with Crippen LogP contribution in [0.2, 0.25) is 0 Å². The molecule has 0 N–H and O–H groups in total. The molecule has 2 nitrogen and oxygen atoms in total. The molecular formula is C11H14BrNO. The normalized spacial score (nSPS) is 25.6. The van der Waals surface area contributed by atoms with Gasteiger partial charge < -0.3 is 4.74 Å². The maximum absolute atomic E-state index is 5.60. The fourth-order valence-electron chi connectivity index (χ4n) is 1.62. The average molecular weight is 256 g/mol. The summed E-state index contributed by atoms with van der Waals surface area (Å²) >= 11 is 3.34. The van der Waals surface area contributed by atoms with E-state index in [9.17, 15) is 0 Å². The van der Waals surface area contributed by atoms with Crippen molar-refractivity contribution in [2.24, 2.45) is 11.8 Å². The number of nitrogens with zero attached hydrogens (tertiary/aromatic N) is 1. The van der Waals surface area contributed by atoms with Gasteiger partial charge in [-0.1, -0.05) is 6.92 Å². The standard InChI is InChI=1S/C11H14BrNO/c1-8-2-3-9(8)7-14-11-5-4-10(12)6-13-11/h4-6,8-9H,2-3,7H2,1H3/t8-,9+/m0/s1. The van der Waals surface area contributed by atoms with E-state index in [1.165, 1.54) is 12.8 Å². The first-order valence-corrected chi connectivity index (χ1v) is 5.79. The molecule has 0 bridgehead atoms. The van der Waals surface area contributed by atoms with Gasteiger partial charge in [-0.2, -0.15) is 0 Å². The molecule has 2 atom stereocenters. The van der Waals surface area contributed by atoms with E-state index in [0.717, 1.165) is 28.8 Å². The number of halogens is 1. The Morgan fingerprint density at radius 1 is 1.50 bits per heavy atom. The lowest BCUT2D eigenvalue weighted by molar-refractivity contribution is 0.113. The highest BCUT2D eigenvalue weighted by molar-refractivity contribution is 9.10. The molecule has 0 aromatic carbocycles. The van der Waals surface area contributed by atoms with E-state index in [1.807, 2.05) is 12.1 Å². The molecule has 3 heteroatoms. The lowest BCUT2D eigenvalue weighted by atomic mass is 9.75. The highest BCUT2D eigenvalue weighted by Gasteiger charge is 2.27. The largest absolute Gasteiger partial charge is 0.477 e. The average Bonchev–Trinajstić information content (AvgIpc) is 2.19. The van der Waals surface area contributed by atoms with Gasteiger partial charge in [0, 0.05) is 16.7 Å². The summed E-state index contributed by atoms with van der Waals surface area (Å²) in [6, 6.07) is 3.85. The third-order valence-corrected chi connectivity index (χ3v) is 3.41. The predicted octanol–water partition coefficient (Wildman–Crippen LogP) is 3.27. The van der Waals surface area contributed by atoms with E-state index >= 15 is 0 Å². The van der Waals surface area contributed by atoms with E-state index in [-0.39, 0.29) is 0 Å². The second kappa shape index (κ2) is 4.30. The van der Waals surface area contributed by atoms with Crippen LogP contribution >= 0.6 is 15.9 Å². The van der Waals surface area contributed by atoms with Crippen molar-refractivity contribution >= 4 is 15.9 Å². The van der Waals surface area contributed by atoms with Crippen LogP contribution in [0.4, 0.5) is 0 Å². The maximum Gasteiger partial charge on any atom is 0.213 e. The summed E-state index contributed by atoms with van der Waals surface area (Å²) in [5.41, 5.74) is 0. The van der Waals surface area contributed by atoms with Crippen LogP contribution in [0.3, 0.4) is 0 Å². The molecule has 1 heterocycles. The Bertz CT molecular complexity index is 299. The van der Waals surface area contributed by atoms with Crippen LogP contribution in [0.1, 0.15) is 19.8 Å². The number of ether oxygens (including phenoxy) is 1. The maximum atomic E-state index is 5.60. The topological polar surface area (TPSA) is 22.1 Å². The molecule has 1 aliphatic carbocycles. The van der Waals surface area contributed by atoms with Crippen LogP contribution in [0.15, 0.2) is 22.8 Å². The van der Waals surface area contributed by atoms with Gasteiger partial charge in [0.15, 0.2) is 0 Å². The molecule has 0 aliphatic heterocycles. The van der Waals surface area contributed by atoms with Gasteiger partial charge in [-0.25, -0.2) is 4.98 Å². The monoisotopic (exact) mass is 255 g/mol. The third kappa shape index (κ3) is 2.27. The minimum atomic E-state index is 0.729. The molecule has 1 saturated carbocycles. The quantitative estimate of drug-likeness (QED) is 0.828. The molecule has 1 aliphatic rings. The van der Waals surface area contributed by atoms with Gasteiger partial charge in [-0.05, 0) is 46.7 Å². The molecule has 0 unspecified atom stereocenters. The zero-order valence-corrected chi connectivity index (χ0v) is 9.83. The molecule has 0 saturated heterocycles. The number of hydrogen-bond donors (Lipinski definition) is 0. The molecule has 14 heavy (non-hydrogen) atoms. The lowest BCUT2D eigenvalue weighted by Gasteiger charge is -2.33. The first-order chi connectivity index (χ1) is 6.75. The molecule has 0 spiro atoms. The highest BCUT2D eigenvalue weighted by Crippen LogP contribution is 2.33. The van der Waals surface area contributed by atoms with E-state index in [0.29, 0.717) is 0 Å². The van der Waals surface area contributed by atoms with Gasteiger partial charge in [-0.15, -0.1) is 0 Å². The van der Waals surface area contributed by atoms with Crippen molar-refractivity contribution in [2.45, 2.75) is 19.8 Å². The zero-order valence-electron chi connectivity index (χ0n) is 8.24. The Balaban J connectivity index is 1.83. The van der Waals surface area contributed by atoms with E-state index in [2.05, 4.69) is 27.8 Å². The number of rotatable bonds is 3. The van der Waals surface area contributed by atoms with Gasteiger partial charge >= 0.3 is 0 Å². The van der Waals surface area contributed by atoms with Crippen molar-refractivity contribution in [2.75, 3.05) is 6.61 Å². The number of aromatic nitrogens is 1. The summed E-state index contributed by atoms with van der Waals surface area (Å²) < 4.78 is 6.59. The first kappa shape index (κ1) is 9.97. The first-order valence-electron chi connectivity index (χ1n) is 5.00. The minimum Gasteiger partial charge on any atom is -0.477 e. The van der Waals surface area contributed by atoms with Crippen molar-refractivity contribution < 1.29 is 4.74 Å². The summed E-state index contributed by atoms with van der Waals surface area (Å²) in [7, 11) is 0. The Labute approximate surface area is 92.8 Å². The van der Waals surface area contributed by atoms with Gasteiger partial charge in [0.2, 0.25) is 5.88 Å². The van der Waals surface area contributed by atoms with E-state index in [4.69, 9.17) is 4.74 Å². The summed E-state index contributed by atoms with van der Waals surface area (Å²) in [6.45, 7) is 3.10. The van der Waals surface area contributed by atoms with Crippen LogP contribution in [-0.2, 0) is 0 Å². The molecule has 0 radical (unpaired) electrons. The summed E-state index contributed by atoms with van der Waals surface area (Å²) in [6.07, 6.45) is 4.42. The molecule has 0 amide bonds.